The smallest absolute Gasteiger partial charge is 0.273 e. The maximum atomic E-state index is 12.9. The molecule has 2 heterocycles. The molecule has 1 fully saturated rings. The first kappa shape index (κ1) is 20.5. The van der Waals surface area contributed by atoms with E-state index in [4.69, 9.17) is 4.74 Å². The predicted octanol–water partition coefficient (Wildman–Crippen LogP) is 2.97. The van der Waals surface area contributed by atoms with Gasteiger partial charge in [0.25, 0.3) is 5.91 Å². The summed E-state index contributed by atoms with van der Waals surface area (Å²) in [6.45, 7) is 1.14. The van der Waals surface area contributed by atoms with E-state index in [-0.39, 0.29) is 23.9 Å². The summed E-state index contributed by atoms with van der Waals surface area (Å²) in [6, 6.07) is 16.0. The number of sulfonamides is 1. The molecule has 1 amide bonds. The van der Waals surface area contributed by atoms with Gasteiger partial charge in [-0.3, -0.25) is 4.79 Å². The Morgan fingerprint density at radius 3 is 2.30 bits per heavy atom. The van der Waals surface area contributed by atoms with Crippen molar-refractivity contribution in [3.8, 4) is 16.3 Å². The number of carbonyl (C=O) groups is 1. The van der Waals surface area contributed by atoms with Crippen LogP contribution in [0.2, 0.25) is 0 Å². The number of carbonyl (C=O) groups excluding carboxylic acids is 1. The van der Waals surface area contributed by atoms with Gasteiger partial charge in [-0.2, -0.15) is 4.31 Å². The molecule has 0 aliphatic carbocycles. The van der Waals surface area contributed by atoms with Gasteiger partial charge in [0.15, 0.2) is 0 Å². The van der Waals surface area contributed by atoms with Crippen molar-refractivity contribution in [1.82, 2.24) is 14.2 Å². The van der Waals surface area contributed by atoms with Crippen molar-refractivity contribution in [3.05, 3.63) is 65.7 Å². The van der Waals surface area contributed by atoms with E-state index in [1.807, 2.05) is 30.3 Å². The number of nitrogens with zero attached hydrogens (tertiary/aromatic N) is 3. The van der Waals surface area contributed by atoms with Gasteiger partial charge in [-0.05, 0) is 24.3 Å². The first-order valence-electron chi connectivity index (χ1n) is 9.43. The van der Waals surface area contributed by atoms with Gasteiger partial charge in [-0.15, -0.1) is 11.3 Å². The highest BCUT2D eigenvalue weighted by molar-refractivity contribution is 7.89. The van der Waals surface area contributed by atoms with Crippen LogP contribution < -0.4 is 4.74 Å². The van der Waals surface area contributed by atoms with Gasteiger partial charge in [0.1, 0.15) is 16.5 Å². The molecular formula is C21H21N3O4S2. The number of aromatic nitrogens is 1. The highest BCUT2D eigenvalue weighted by atomic mass is 32.2. The zero-order valence-electron chi connectivity index (χ0n) is 16.4. The Morgan fingerprint density at radius 2 is 1.67 bits per heavy atom. The molecule has 1 aliphatic rings. The molecule has 0 saturated carbocycles. The third-order valence-electron chi connectivity index (χ3n) is 4.97. The number of hydrogen-bond acceptors (Lipinski definition) is 6. The van der Waals surface area contributed by atoms with E-state index in [0.717, 1.165) is 10.6 Å². The van der Waals surface area contributed by atoms with Crippen molar-refractivity contribution in [2.45, 2.75) is 4.90 Å². The van der Waals surface area contributed by atoms with Crippen LogP contribution in [0.15, 0.2) is 64.9 Å². The Balaban J connectivity index is 1.41. The molecule has 9 heteroatoms. The van der Waals surface area contributed by atoms with Crippen LogP contribution in [0.4, 0.5) is 0 Å². The Morgan fingerprint density at radius 1 is 1.00 bits per heavy atom. The summed E-state index contributed by atoms with van der Waals surface area (Å²) in [4.78, 5) is 19.2. The molecule has 1 aliphatic heterocycles. The van der Waals surface area contributed by atoms with Gasteiger partial charge in [0.2, 0.25) is 10.0 Å². The van der Waals surface area contributed by atoms with Crippen LogP contribution in [0, 0.1) is 0 Å². The number of ether oxygens (including phenoxy) is 1. The van der Waals surface area contributed by atoms with Crippen LogP contribution in [0.3, 0.4) is 0 Å². The third kappa shape index (κ3) is 4.09. The van der Waals surface area contributed by atoms with Gasteiger partial charge in [0.05, 0.1) is 12.0 Å². The summed E-state index contributed by atoms with van der Waals surface area (Å²) in [7, 11) is -2.07. The molecule has 156 valence electrons. The molecule has 3 aromatic rings. The number of rotatable bonds is 5. The van der Waals surface area contributed by atoms with E-state index in [1.165, 1.54) is 34.9 Å². The fourth-order valence-electron chi connectivity index (χ4n) is 3.28. The van der Waals surface area contributed by atoms with Gasteiger partial charge in [0, 0.05) is 37.1 Å². The van der Waals surface area contributed by atoms with Gasteiger partial charge in [-0.25, -0.2) is 13.4 Å². The molecule has 2 aromatic carbocycles. The summed E-state index contributed by atoms with van der Waals surface area (Å²) < 4.78 is 32.2. The minimum Gasteiger partial charge on any atom is -0.497 e. The molecule has 4 rings (SSSR count). The molecule has 0 bridgehead atoms. The molecule has 0 unspecified atom stereocenters. The van der Waals surface area contributed by atoms with Gasteiger partial charge >= 0.3 is 0 Å². The minimum absolute atomic E-state index is 0.171. The monoisotopic (exact) mass is 443 g/mol. The van der Waals surface area contributed by atoms with Gasteiger partial charge in [-0.1, -0.05) is 30.3 Å². The number of hydrogen-bond donors (Lipinski definition) is 0. The third-order valence-corrected chi connectivity index (χ3v) is 7.77. The van der Waals surface area contributed by atoms with Crippen LogP contribution in [0.1, 0.15) is 10.5 Å². The zero-order chi connectivity index (χ0) is 21.1. The summed E-state index contributed by atoms with van der Waals surface area (Å²) in [5, 5.41) is 2.55. The number of thiazole rings is 1. The predicted molar refractivity (Wildman–Crippen MR) is 115 cm³/mol. The molecule has 0 spiro atoms. The average molecular weight is 444 g/mol. The fourth-order valence-corrected chi connectivity index (χ4v) is 5.50. The SMILES string of the molecule is COc1ccc(S(=O)(=O)N2CCN(C(=O)c3csc(-c4ccccc4)n3)CC2)cc1. The van der Waals surface area contributed by atoms with E-state index in [1.54, 1.807) is 22.4 Å². The van der Waals surface area contributed by atoms with Crippen LogP contribution in [-0.4, -0.2) is 61.8 Å². The number of methoxy groups -OCH3 is 1. The summed E-state index contributed by atoms with van der Waals surface area (Å²) in [6.07, 6.45) is 0. The molecule has 1 aromatic heterocycles. The lowest BCUT2D eigenvalue weighted by Crippen LogP contribution is -2.50. The molecule has 7 nitrogen and oxygen atoms in total. The van der Waals surface area contributed by atoms with Crippen LogP contribution in [0.5, 0.6) is 5.75 Å². The minimum atomic E-state index is -3.61. The molecule has 1 saturated heterocycles. The topological polar surface area (TPSA) is 79.8 Å². The van der Waals surface area contributed by atoms with Crippen LogP contribution >= 0.6 is 11.3 Å². The first-order chi connectivity index (χ1) is 14.5. The maximum Gasteiger partial charge on any atom is 0.273 e. The summed E-state index contributed by atoms with van der Waals surface area (Å²) in [5.74, 6) is 0.428. The van der Waals surface area contributed by atoms with Crippen molar-refractivity contribution in [1.29, 1.82) is 0 Å². The summed E-state index contributed by atoms with van der Waals surface area (Å²) in [5.41, 5.74) is 1.36. The lowest BCUT2D eigenvalue weighted by molar-refractivity contribution is 0.0693. The fraction of sp³-hybridized carbons (Fsp3) is 0.238. The van der Waals surface area contributed by atoms with E-state index in [2.05, 4.69) is 4.98 Å². The molecule has 0 radical (unpaired) electrons. The lowest BCUT2D eigenvalue weighted by atomic mass is 10.2. The average Bonchev–Trinajstić information content (AvgIpc) is 3.30. The van der Waals surface area contributed by atoms with Gasteiger partial charge < -0.3 is 9.64 Å². The normalized spacial score (nSPS) is 15.2. The standard InChI is InChI=1S/C21H21N3O4S2/c1-28-17-7-9-18(10-8-17)30(26,27)24-13-11-23(12-14-24)21(25)19-15-29-20(22-19)16-5-3-2-4-6-16/h2-10,15H,11-14H2,1H3. The number of benzene rings is 2. The van der Waals surface area contributed by atoms with Crippen LogP contribution in [-0.2, 0) is 10.0 Å². The second-order valence-electron chi connectivity index (χ2n) is 6.78. The zero-order valence-corrected chi connectivity index (χ0v) is 18.0. The largest absolute Gasteiger partial charge is 0.497 e. The highest BCUT2D eigenvalue weighted by Gasteiger charge is 2.31. The van der Waals surface area contributed by atoms with Crippen molar-refractivity contribution < 1.29 is 17.9 Å². The van der Waals surface area contributed by atoms with E-state index in [0.29, 0.717) is 24.5 Å². The second-order valence-corrected chi connectivity index (χ2v) is 9.57. The Labute approximate surface area is 179 Å². The molecule has 0 N–H and O–H groups in total. The highest BCUT2D eigenvalue weighted by Crippen LogP contribution is 2.25. The first-order valence-corrected chi connectivity index (χ1v) is 11.8. The lowest BCUT2D eigenvalue weighted by Gasteiger charge is -2.33. The Hall–Kier alpha value is -2.75. The summed E-state index contributed by atoms with van der Waals surface area (Å²) >= 11 is 1.42. The second kappa shape index (κ2) is 8.55. The van der Waals surface area contributed by atoms with Crippen molar-refractivity contribution in [3.63, 3.8) is 0 Å². The molecule has 0 atom stereocenters. The number of amides is 1. The van der Waals surface area contributed by atoms with Crippen molar-refractivity contribution >= 4 is 27.3 Å². The van der Waals surface area contributed by atoms with E-state index < -0.39 is 10.0 Å². The Kier molecular flexibility index (Phi) is 5.85. The molecular weight excluding hydrogens is 422 g/mol. The van der Waals surface area contributed by atoms with Crippen molar-refractivity contribution in [2.75, 3.05) is 33.3 Å². The van der Waals surface area contributed by atoms with E-state index in [9.17, 15) is 13.2 Å². The number of piperazine rings is 1. The maximum absolute atomic E-state index is 12.9. The molecule has 30 heavy (non-hydrogen) atoms. The quantitative estimate of drug-likeness (QED) is 0.606. The van der Waals surface area contributed by atoms with Crippen LogP contribution in [0.25, 0.3) is 10.6 Å². The van der Waals surface area contributed by atoms with E-state index >= 15 is 0 Å². The van der Waals surface area contributed by atoms with Crippen molar-refractivity contribution in [2.24, 2.45) is 0 Å². The Bertz CT molecular complexity index is 1120.